The van der Waals surface area contributed by atoms with Crippen LogP contribution in [0.3, 0.4) is 0 Å². The minimum Gasteiger partial charge on any atom is -0.481 e. The van der Waals surface area contributed by atoms with Crippen LogP contribution in [0.2, 0.25) is 0 Å². The van der Waals surface area contributed by atoms with Crippen molar-refractivity contribution in [2.45, 2.75) is 34.6 Å². The highest BCUT2D eigenvalue weighted by Gasteiger charge is 2.28. The average Bonchev–Trinajstić information content (AvgIpc) is 2.61. The van der Waals surface area contributed by atoms with E-state index in [0.29, 0.717) is 22.5 Å². The standard InChI is InChI=1S/C14H20N2O4/c1-7-10(9(3)17)8(2)16-11(7)12(18)15-6-14(4,5)13(19)20/h16H,6H2,1-5H3,(H,15,18)(H,19,20). The van der Waals surface area contributed by atoms with Gasteiger partial charge in [0.1, 0.15) is 5.69 Å². The lowest BCUT2D eigenvalue weighted by molar-refractivity contribution is -0.146. The summed E-state index contributed by atoms with van der Waals surface area (Å²) in [4.78, 5) is 37.4. The number of nitrogens with one attached hydrogen (secondary N) is 2. The van der Waals surface area contributed by atoms with Crippen LogP contribution in [0.15, 0.2) is 0 Å². The molecule has 110 valence electrons. The number of Topliss-reactive ketones (excluding diaryl/α,β-unsaturated/α-hetero) is 1. The number of carbonyl (C=O) groups excluding carboxylic acids is 2. The molecule has 0 radical (unpaired) electrons. The fourth-order valence-corrected chi connectivity index (χ4v) is 1.97. The summed E-state index contributed by atoms with van der Waals surface area (Å²) in [6, 6.07) is 0. The summed E-state index contributed by atoms with van der Waals surface area (Å²) < 4.78 is 0. The Labute approximate surface area is 117 Å². The van der Waals surface area contributed by atoms with E-state index in [0.717, 1.165) is 0 Å². The Morgan fingerprint density at radius 3 is 2.20 bits per heavy atom. The molecule has 0 aliphatic heterocycles. The number of hydrogen-bond donors (Lipinski definition) is 3. The number of amides is 1. The van der Waals surface area contributed by atoms with Crippen LogP contribution in [0.1, 0.15) is 52.9 Å². The summed E-state index contributed by atoms with van der Waals surface area (Å²) in [6.07, 6.45) is 0. The number of aryl methyl sites for hydroxylation is 1. The third-order valence-corrected chi connectivity index (χ3v) is 3.29. The van der Waals surface area contributed by atoms with Gasteiger partial charge in [0.05, 0.1) is 5.41 Å². The lowest BCUT2D eigenvalue weighted by Crippen LogP contribution is -2.39. The van der Waals surface area contributed by atoms with Gasteiger partial charge in [-0.2, -0.15) is 0 Å². The molecule has 0 aromatic carbocycles. The molecule has 0 fully saturated rings. The Morgan fingerprint density at radius 1 is 1.25 bits per heavy atom. The lowest BCUT2D eigenvalue weighted by Gasteiger charge is -2.19. The minimum absolute atomic E-state index is 0.00801. The van der Waals surface area contributed by atoms with Crippen molar-refractivity contribution in [3.63, 3.8) is 0 Å². The van der Waals surface area contributed by atoms with Crippen molar-refractivity contribution in [3.8, 4) is 0 Å². The molecule has 20 heavy (non-hydrogen) atoms. The zero-order valence-corrected chi connectivity index (χ0v) is 12.4. The second-order valence-electron chi connectivity index (χ2n) is 5.55. The first-order valence-electron chi connectivity index (χ1n) is 6.29. The molecule has 3 N–H and O–H groups in total. The Hall–Kier alpha value is -2.11. The second-order valence-corrected chi connectivity index (χ2v) is 5.55. The molecule has 0 aliphatic carbocycles. The number of carbonyl (C=O) groups is 3. The quantitative estimate of drug-likeness (QED) is 0.714. The maximum absolute atomic E-state index is 12.1. The summed E-state index contributed by atoms with van der Waals surface area (Å²) in [5.41, 5.74) is 0.981. The molecule has 0 aliphatic rings. The Kier molecular flexibility index (Phi) is 4.37. The van der Waals surface area contributed by atoms with E-state index in [1.165, 1.54) is 20.8 Å². The van der Waals surface area contributed by atoms with Gasteiger partial charge >= 0.3 is 5.97 Å². The molecule has 6 nitrogen and oxygen atoms in total. The van der Waals surface area contributed by atoms with Gasteiger partial charge in [-0.1, -0.05) is 0 Å². The number of ketones is 1. The Morgan fingerprint density at radius 2 is 1.80 bits per heavy atom. The van der Waals surface area contributed by atoms with Crippen LogP contribution in [0.5, 0.6) is 0 Å². The number of H-pyrrole nitrogens is 1. The van der Waals surface area contributed by atoms with Crippen LogP contribution < -0.4 is 5.32 Å². The molecule has 0 bridgehead atoms. The van der Waals surface area contributed by atoms with Crippen LogP contribution in [0.25, 0.3) is 0 Å². The van der Waals surface area contributed by atoms with Crippen molar-refractivity contribution in [3.05, 3.63) is 22.5 Å². The highest BCUT2D eigenvalue weighted by atomic mass is 16.4. The number of carboxylic acids is 1. The van der Waals surface area contributed by atoms with Gasteiger partial charge in [0.15, 0.2) is 5.78 Å². The summed E-state index contributed by atoms with van der Waals surface area (Å²) in [5, 5.41) is 11.6. The fourth-order valence-electron chi connectivity index (χ4n) is 1.97. The predicted octanol–water partition coefficient (Wildman–Crippen LogP) is 1.67. The number of aromatic nitrogens is 1. The molecule has 1 rings (SSSR count). The zero-order chi connectivity index (χ0) is 15.7. The van der Waals surface area contributed by atoms with Gasteiger partial charge in [-0.25, -0.2) is 0 Å². The molecule has 1 aromatic heterocycles. The van der Waals surface area contributed by atoms with Crippen LogP contribution in [0, 0.1) is 19.3 Å². The Bertz CT molecular complexity index is 570. The topological polar surface area (TPSA) is 99.3 Å². The largest absolute Gasteiger partial charge is 0.481 e. The number of hydrogen-bond acceptors (Lipinski definition) is 3. The predicted molar refractivity (Wildman–Crippen MR) is 74.0 cm³/mol. The molecule has 0 saturated carbocycles. The van der Waals surface area contributed by atoms with Gasteiger partial charge in [0.25, 0.3) is 5.91 Å². The van der Waals surface area contributed by atoms with E-state index in [9.17, 15) is 14.4 Å². The Balaban J connectivity index is 2.92. The molecular formula is C14H20N2O4. The average molecular weight is 280 g/mol. The normalized spacial score (nSPS) is 11.2. The van der Waals surface area contributed by atoms with Gasteiger partial charge in [0, 0.05) is 17.8 Å². The highest BCUT2D eigenvalue weighted by molar-refractivity contribution is 6.02. The number of carboxylic acid groups (broad SMARTS) is 1. The molecule has 6 heteroatoms. The van der Waals surface area contributed by atoms with Crippen molar-refractivity contribution < 1.29 is 19.5 Å². The summed E-state index contributed by atoms with van der Waals surface area (Å²) in [6.45, 7) is 7.93. The van der Waals surface area contributed by atoms with Crippen LogP contribution in [0.4, 0.5) is 0 Å². The van der Waals surface area contributed by atoms with E-state index in [4.69, 9.17) is 5.11 Å². The lowest BCUT2D eigenvalue weighted by atomic mass is 9.94. The number of aromatic amines is 1. The van der Waals surface area contributed by atoms with E-state index >= 15 is 0 Å². The third kappa shape index (κ3) is 3.07. The summed E-state index contributed by atoms with van der Waals surface area (Å²) >= 11 is 0. The van der Waals surface area contributed by atoms with Crippen molar-refractivity contribution in [2.24, 2.45) is 5.41 Å². The summed E-state index contributed by atoms with van der Waals surface area (Å²) in [7, 11) is 0. The van der Waals surface area contributed by atoms with E-state index in [1.54, 1.807) is 13.8 Å². The van der Waals surface area contributed by atoms with E-state index in [2.05, 4.69) is 10.3 Å². The third-order valence-electron chi connectivity index (χ3n) is 3.29. The monoisotopic (exact) mass is 280 g/mol. The number of rotatable bonds is 5. The zero-order valence-electron chi connectivity index (χ0n) is 12.4. The molecule has 0 unspecified atom stereocenters. The van der Waals surface area contributed by atoms with E-state index in [-0.39, 0.29) is 12.3 Å². The minimum atomic E-state index is -1.05. The summed E-state index contributed by atoms with van der Waals surface area (Å²) in [5.74, 6) is -1.50. The highest BCUT2D eigenvalue weighted by Crippen LogP contribution is 2.19. The first-order valence-corrected chi connectivity index (χ1v) is 6.29. The maximum atomic E-state index is 12.1. The molecule has 0 saturated heterocycles. The smallest absolute Gasteiger partial charge is 0.310 e. The number of aliphatic carboxylic acids is 1. The van der Waals surface area contributed by atoms with Crippen LogP contribution in [-0.2, 0) is 4.79 Å². The molecule has 0 spiro atoms. The SMILES string of the molecule is CC(=O)c1c(C)[nH]c(C(=O)NCC(C)(C)C(=O)O)c1C. The molecule has 1 amide bonds. The van der Waals surface area contributed by atoms with Gasteiger partial charge in [-0.15, -0.1) is 0 Å². The van der Waals surface area contributed by atoms with Crippen molar-refractivity contribution in [2.75, 3.05) is 6.54 Å². The first kappa shape index (κ1) is 15.9. The first-order chi connectivity index (χ1) is 9.08. The maximum Gasteiger partial charge on any atom is 0.310 e. The van der Waals surface area contributed by atoms with Gasteiger partial charge < -0.3 is 15.4 Å². The molecule has 1 heterocycles. The molecule has 0 atom stereocenters. The molecule has 1 aromatic rings. The second kappa shape index (κ2) is 5.48. The van der Waals surface area contributed by atoms with E-state index < -0.39 is 17.3 Å². The van der Waals surface area contributed by atoms with E-state index in [1.807, 2.05) is 0 Å². The molecular weight excluding hydrogens is 260 g/mol. The van der Waals surface area contributed by atoms with Gasteiger partial charge in [0.2, 0.25) is 0 Å². The van der Waals surface area contributed by atoms with Crippen molar-refractivity contribution in [1.29, 1.82) is 0 Å². The van der Waals surface area contributed by atoms with Gasteiger partial charge in [-0.05, 0) is 40.2 Å². The fraction of sp³-hybridized carbons (Fsp3) is 0.500. The van der Waals surface area contributed by atoms with Crippen LogP contribution in [-0.4, -0.2) is 34.3 Å². The van der Waals surface area contributed by atoms with Crippen molar-refractivity contribution >= 4 is 17.7 Å². The van der Waals surface area contributed by atoms with Gasteiger partial charge in [-0.3, -0.25) is 14.4 Å². The van der Waals surface area contributed by atoms with Crippen LogP contribution >= 0.6 is 0 Å². The van der Waals surface area contributed by atoms with Crippen molar-refractivity contribution in [1.82, 2.24) is 10.3 Å².